The van der Waals surface area contributed by atoms with Crippen molar-refractivity contribution in [3.8, 4) is 6.07 Å². The fourth-order valence-electron chi connectivity index (χ4n) is 3.05. The first-order chi connectivity index (χ1) is 13.0. The van der Waals surface area contributed by atoms with Gasteiger partial charge in [-0.1, -0.05) is 25.1 Å². The van der Waals surface area contributed by atoms with Crippen molar-refractivity contribution >= 4 is 28.1 Å². The van der Waals surface area contributed by atoms with Crippen molar-refractivity contribution in [1.29, 1.82) is 5.26 Å². The van der Waals surface area contributed by atoms with Gasteiger partial charge < -0.3 is 15.5 Å². The van der Waals surface area contributed by atoms with Crippen molar-refractivity contribution in [2.75, 3.05) is 24.2 Å². The van der Waals surface area contributed by atoms with E-state index >= 15 is 0 Å². The van der Waals surface area contributed by atoms with Gasteiger partial charge in [0.1, 0.15) is 11.6 Å². The molecule has 1 amide bonds. The van der Waals surface area contributed by atoms with Gasteiger partial charge in [-0.2, -0.15) is 5.26 Å². The highest BCUT2D eigenvalue weighted by molar-refractivity contribution is 7.15. The normalized spacial score (nSPS) is 14.4. The summed E-state index contributed by atoms with van der Waals surface area (Å²) in [6, 6.07) is 7.86. The van der Waals surface area contributed by atoms with E-state index in [9.17, 15) is 10.1 Å². The number of likely N-dealkylation sites (N-methyl/N-ethyl adjacent to an activating group) is 1. The second-order valence-electron chi connectivity index (χ2n) is 6.61. The third-order valence-electron chi connectivity index (χ3n) is 4.61. The fraction of sp³-hybridized carbons (Fsp3) is 0.350. The van der Waals surface area contributed by atoms with Crippen LogP contribution in [0.15, 0.2) is 30.0 Å². The predicted octanol–water partition coefficient (Wildman–Crippen LogP) is 3.46. The quantitative estimate of drug-likeness (QED) is 0.612. The molecule has 1 aliphatic rings. The number of rotatable bonds is 5. The van der Waals surface area contributed by atoms with Gasteiger partial charge in [-0.25, -0.2) is 4.98 Å². The van der Waals surface area contributed by atoms with Crippen LogP contribution in [0.25, 0.3) is 0 Å². The molecule has 2 heterocycles. The summed E-state index contributed by atoms with van der Waals surface area (Å²) in [5.41, 5.74) is 3.92. The van der Waals surface area contributed by atoms with Crippen molar-refractivity contribution < 1.29 is 4.79 Å². The Morgan fingerprint density at radius 3 is 3.04 bits per heavy atom. The Kier molecular flexibility index (Phi) is 5.89. The van der Waals surface area contributed by atoms with Crippen molar-refractivity contribution in [1.82, 2.24) is 9.88 Å². The van der Waals surface area contributed by atoms with E-state index in [1.54, 1.807) is 11.3 Å². The molecule has 0 fully saturated rings. The molecular weight excluding hydrogens is 358 g/mol. The number of aromatic nitrogens is 1. The first-order valence-electron chi connectivity index (χ1n) is 8.95. The average Bonchev–Trinajstić information content (AvgIpc) is 3.05. The van der Waals surface area contributed by atoms with Crippen molar-refractivity contribution in [3.05, 3.63) is 51.7 Å². The minimum absolute atomic E-state index is 0.0191. The summed E-state index contributed by atoms with van der Waals surface area (Å²) < 4.78 is 0. The molecule has 0 spiro atoms. The maximum absolute atomic E-state index is 12.6. The summed E-state index contributed by atoms with van der Waals surface area (Å²) in [6.07, 6.45) is 3.17. The number of hydrogen-bond donors (Lipinski definition) is 2. The Bertz CT molecular complexity index is 925. The molecule has 0 aliphatic carbocycles. The Balaban J connectivity index is 1.73. The van der Waals surface area contributed by atoms with E-state index in [2.05, 4.69) is 27.6 Å². The van der Waals surface area contributed by atoms with E-state index in [1.165, 1.54) is 11.1 Å². The molecule has 0 unspecified atom stereocenters. The maximum atomic E-state index is 12.6. The molecule has 1 aliphatic heterocycles. The van der Waals surface area contributed by atoms with Gasteiger partial charge in [0.05, 0.1) is 5.69 Å². The van der Waals surface area contributed by atoms with Crippen LogP contribution < -0.4 is 10.6 Å². The van der Waals surface area contributed by atoms with Gasteiger partial charge in [-0.05, 0) is 31.5 Å². The van der Waals surface area contributed by atoms with Crippen molar-refractivity contribution in [3.63, 3.8) is 0 Å². The number of amides is 1. The zero-order chi connectivity index (χ0) is 19.4. The number of para-hydroxylation sites is 1. The summed E-state index contributed by atoms with van der Waals surface area (Å²) in [6.45, 7) is 5.86. The zero-order valence-corrected chi connectivity index (χ0v) is 16.6. The molecule has 0 atom stereocenters. The highest BCUT2D eigenvalue weighted by Gasteiger charge is 2.18. The van der Waals surface area contributed by atoms with Gasteiger partial charge in [-0.15, -0.1) is 11.3 Å². The van der Waals surface area contributed by atoms with E-state index in [1.807, 2.05) is 38.1 Å². The van der Waals surface area contributed by atoms with E-state index in [0.29, 0.717) is 5.13 Å². The molecule has 2 aromatic rings. The fourth-order valence-corrected chi connectivity index (χ4v) is 4.11. The second kappa shape index (κ2) is 8.33. The van der Waals surface area contributed by atoms with Gasteiger partial charge in [0.25, 0.3) is 5.91 Å². The van der Waals surface area contributed by atoms with Gasteiger partial charge in [0, 0.05) is 36.3 Å². The summed E-state index contributed by atoms with van der Waals surface area (Å²) in [7, 11) is 2.09. The maximum Gasteiger partial charge on any atom is 0.267 e. The number of hydrogen-bond acceptors (Lipinski definition) is 6. The van der Waals surface area contributed by atoms with Crippen molar-refractivity contribution in [2.45, 2.75) is 33.2 Å². The third kappa shape index (κ3) is 4.35. The van der Waals surface area contributed by atoms with Gasteiger partial charge in [-0.3, -0.25) is 4.79 Å². The smallest absolute Gasteiger partial charge is 0.267 e. The molecule has 27 heavy (non-hydrogen) atoms. The molecular formula is C20H23N5OS. The number of anilines is 2. The van der Waals surface area contributed by atoms with Gasteiger partial charge in [0.2, 0.25) is 0 Å². The van der Waals surface area contributed by atoms with E-state index in [0.717, 1.165) is 48.4 Å². The van der Waals surface area contributed by atoms with Crippen LogP contribution >= 0.6 is 11.3 Å². The van der Waals surface area contributed by atoms with Crippen LogP contribution in [0, 0.1) is 18.3 Å². The summed E-state index contributed by atoms with van der Waals surface area (Å²) in [5, 5.41) is 16.0. The van der Waals surface area contributed by atoms with Crippen LogP contribution in [0.2, 0.25) is 0 Å². The Hall–Kier alpha value is -2.69. The summed E-state index contributed by atoms with van der Waals surface area (Å²) in [4.78, 5) is 20.6. The van der Waals surface area contributed by atoms with Crippen LogP contribution in [0.3, 0.4) is 0 Å². The number of nitrogens with one attached hydrogen (secondary N) is 2. The van der Waals surface area contributed by atoms with Crippen LogP contribution in [-0.2, 0) is 24.2 Å². The number of benzene rings is 1. The number of nitriles is 1. The molecule has 1 aromatic heterocycles. The first-order valence-corrected chi connectivity index (χ1v) is 9.77. The van der Waals surface area contributed by atoms with Gasteiger partial charge >= 0.3 is 0 Å². The molecule has 6 nitrogen and oxygen atoms in total. The van der Waals surface area contributed by atoms with Gasteiger partial charge in [0.15, 0.2) is 5.13 Å². The lowest BCUT2D eigenvalue weighted by Gasteiger charge is -2.20. The molecule has 0 radical (unpaired) electrons. The molecule has 0 bridgehead atoms. The molecule has 0 saturated heterocycles. The Morgan fingerprint density at radius 2 is 2.30 bits per heavy atom. The molecule has 2 N–H and O–H groups in total. The van der Waals surface area contributed by atoms with Crippen LogP contribution in [0.4, 0.5) is 10.8 Å². The SMILES string of the molecule is CCc1cccc(C)c1NC(=O)/C(C#N)=C\Nc1nc2c(s1)CN(C)CC2. The van der Waals surface area contributed by atoms with Crippen LogP contribution in [-0.4, -0.2) is 29.4 Å². The molecule has 7 heteroatoms. The number of nitrogens with zero attached hydrogens (tertiary/aromatic N) is 3. The first kappa shape index (κ1) is 19.1. The highest BCUT2D eigenvalue weighted by Crippen LogP contribution is 2.28. The zero-order valence-electron chi connectivity index (χ0n) is 15.8. The lowest BCUT2D eigenvalue weighted by molar-refractivity contribution is -0.112. The van der Waals surface area contributed by atoms with Crippen molar-refractivity contribution in [2.24, 2.45) is 0 Å². The monoisotopic (exact) mass is 381 g/mol. The lowest BCUT2D eigenvalue weighted by atomic mass is 10.1. The highest BCUT2D eigenvalue weighted by atomic mass is 32.1. The summed E-state index contributed by atoms with van der Waals surface area (Å²) in [5.74, 6) is -0.421. The van der Waals surface area contributed by atoms with Crippen LogP contribution in [0.5, 0.6) is 0 Å². The largest absolute Gasteiger partial charge is 0.337 e. The predicted molar refractivity (Wildman–Crippen MR) is 109 cm³/mol. The molecule has 140 valence electrons. The summed E-state index contributed by atoms with van der Waals surface area (Å²) >= 11 is 1.57. The average molecular weight is 382 g/mol. The minimum Gasteiger partial charge on any atom is -0.337 e. The number of carbonyl (C=O) groups is 1. The van der Waals surface area contributed by atoms with E-state index in [-0.39, 0.29) is 5.57 Å². The number of carbonyl (C=O) groups excluding carboxylic acids is 1. The minimum atomic E-state index is -0.421. The number of thiazole rings is 1. The molecule has 1 aromatic carbocycles. The third-order valence-corrected chi connectivity index (χ3v) is 5.62. The second-order valence-corrected chi connectivity index (χ2v) is 7.69. The standard InChI is InChI=1S/C20H23N5OS/c1-4-14-7-5-6-13(2)18(14)24-19(26)15(10-21)11-22-20-23-16-8-9-25(3)12-17(16)27-20/h5-7,11H,4,8-9,12H2,1-3H3,(H,22,23)(H,24,26)/b15-11-. The molecule has 0 saturated carbocycles. The van der Waals surface area contributed by atoms with E-state index in [4.69, 9.17) is 0 Å². The topological polar surface area (TPSA) is 81.0 Å². The number of fused-ring (bicyclic) bond motifs is 1. The van der Waals surface area contributed by atoms with E-state index < -0.39 is 5.91 Å². The Labute approximate surface area is 163 Å². The molecule has 3 rings (SSSR count). The Morgan fingerprint density at radius 1 is 1.48 bits per heavy atom. The number of aryl methyl sites for hydroxylation is 2. The lowest BCUT2D eigenvalue weighted by Crippen LogP contribution is -2.25. The van der Waals surface area contributed by atoms with Crippen LogP contribution in [0.1, 0.15) is 28.6 Å².